The van der Waals surface area contributed by atoms with Crippen LogP contribution in [-0.4, -0.2) is 28.1 Å². The molecule has 1 aromatic carbocycles. The third-order valence-electron chi connectivity index (χ3n) is 2.08. The maximum Gasteiger partial charge on any atom is 0.243 e. The van der Waals surface area contributed by atoms with Gasteiger partial charge in [-0.1, -0.05) is 41.7 Å². The number of benzene rings is 1. The van der Waals surface area contributed by atoms with Crippen molar-refractivity contribution in [1.82, 2.24) is 10.0 Å². The van der Waals surface area contributed by atoms with Crippen LogP contribution in [0.4, 0.5) is 0 Å². The van der Waals surface area contributed by atoms with Gasteiger partial charge in [-0.25, -0.2) is 13.1 Å². The summed E-state index contributed by atoms with van der Waals surface area (Å²) in [4.78, 5) is -0.147. The van der Waals surface area contributed by atoms with E-state index in [4.69, 9.17) is 34.8 Å². The fraction of sp³-hybridized carbons (Fsp3) is 0.400. The lowest BCUT2D eigenvalue weighted by molar-refractivity contribution is 0.577. The van der Waals surface area contributed by atoms with Gasteiger partial charge in [-0.05, 0) is 18.7 Å². The second-order valence-electron chi connectivity index (χ2n) is 3.45. The normalized spacial score (nSPS) is 11.8. The first kappa shape index (κ1) is 16.0. The summed E-state index contributed by atoms with van der Waals surface area (Å²) in [5.74, 6) is 0. The Kier molecular flexibility index (Phi) is 6.17. The van der Waals surface area contributed by atoms with Crippen molar-refractivity contribution in [3.8, 4) is 0 Å². The summed E-state index contributed by atoms with van der Waals surface area (Å²) in [6.45, 7) is 3.48. The quantitative estimate of drug-likeness (QED) is 0.788. The zero-order valence-electron chi connectivity index (χ0n) is 9.63. The molecule has 0 fully saturated rings. The van der Waals surface area contributed by atoms with Crippen LogP contribution in [-0.2, 0) is 10.0 Å². The molecule has 0 atom stereocenters. The molecule has 0 saturated heterocycles. The van der Waals surface area contributed by atoms with Gasteiger partial charge in [0.2, 0.25) is 10.0 Å². The first-order valence-corrected chi connectivity index (χ1v) is 7.85. The van der Waals surface area contributed by atoms with Crippen LogP contribution in [0.25, 0.3) is 0 Å². The van der Waals surface area contributed by atoms with E-state index >= 15 is 0 Å². The molecule has 2 N–H and O–H groups in total. The SMILES string of the molecule is CCNCCNS(=O)(=O)c1c(Cl)cc(Cl)cc1Cl. The summed E-state index contributed by atoms with van der Waals surface area (Å²) in [6, 6.07) is 2.68. The number of nitrogens with one attached hydrogen (secondary N) is 2. The predicted molar refractivity (Wildman–Crippen MR) is 75.2 cm³/mol. The second kappa shape index (κ2) is 6.93. The summed E-state index contributed by atoms with van der Waals surface area (Å²) in [5.41, 5.74) is 0. The average molecular weight is 332 g/mol. The molecule has 0 saturated carbocycles. The molecule has 0 unspecified atom stereocenters. The Bertz CT molecular complexity index is 497. The molecule has 0 aromatic heterocycles. The van der Waals surface area contributed by atoms with E-state index in [1.165, 1.54) is 12.1 Å². The number of sulfonamides is 1. The number of hydrogen-bond donors (Lipinski definition) is 2. The highest BCUT2D eigenvalue weighted by Gasteiger charge is 2.21. The van der Waals surface area contributed by atoms with Crippen molar-refractivity contribution >= 4 is 44.8 Å². The Labute approximate surface area is 122 Å². The van der Waals surface area contributed by atoms with Crippen LogP contribution in [0.2, 0.25) is 15.1 Å². The van der Waals surface area contributed by atoms with Crippen molar-refractivity contribution < 1.29 is 8.42 Å². The number of rotatable bonds is 6. The highest BCUT2D eigenvalue weighted by molar-refractivity contribution is 7.89. The van der Waals surface area contributed by atoms with Crippen molar-refractivity contribution in [2.75, 3.05) is 19.6 Å². The molecule has 1 aromatic rings. The maximum atomic E-state index is 12.0. The Hall–Kier alpha value is -0.0400. The van der Waals surface area contributed by atoms with Crippen molar-refractivity contribution in [2.24, 2.45) is 0 Å². The van der Waals surface area contributed by atoms with Crippen LogP contribution in [0, 0.1) is 0 Å². The minimum absolute atomic E-state index is 0.00320. The largest absolute Gasteiger partial charge is 0.316 e. The van der Waals surface area contributed by atoms with E-state index in [9.17, 15) is 8.42 Å². The third-order valence-corrected chi connectivity index (χ3v) is 4.68. The van der Waals surface area contributed by atoms with Gasteiger partial charge in [-0.3, -0.25) is 0 Å². The van der Waals surface area contributed by atoms with E-state index in [1.54, 1.807) is 0 Å². The minimum Gasteiger partial charge on any atom is -0.316 e. The molecule has 0 spiro atoms. The molecule has 0 aliphatic carbocycles. The van der Waals surface area contributed by atoms with Crippen LogP contribution in [0.15, 0.2) is 17.0 Å². The monoisotopic (exact) mass is 330 g/mol. The summed E-state index contributed by atoms with van der Waals surface area (Å²) in [6.07, 6.45) is 0. The average Bonchev–Trinajstić information content (AvgIpc) is 2.22. The van der Waals surface area contributed by atoms with Crippen molar-refractivity contribution in [2.45, 2.75) is 11.8 Å². The number of halogens is 3. The second-order valence-corrected chi connectivity index (χ2v) is 6.40. The van der Waals surface area contributed by atoms with Crippen molar-refractivity contribution in [3.63, 3.8) is 0 Å². The van der Waals surface area contributed by atoms with Gasteiger partial charge < -0.3 is 5.32 Å². The zero-order valence-corrected chi connectivity index (χ0v) is 12.7. The van der Waals surface area contributed by atoms with Crippen LogP contribution in [0.5, 0.6) is 0 Å². The van der Waals surface area contributed by atoms with E-state index in [2.05, 4.69) is 10.0 Å². The molecule has 0 amide bonds. The van der Waals surface area contributed by atoms with Crippen molar-refractivity contribution in [3.05, 3.63) is 27.2 Å². The number of likely N-dealkylation sites (N-methyl/N-ethyl adjacent to an activating group) is 1. The Morgan fingerprint density at radius 1 is 1.11 bits per heavy atom. The van der Waals surface area contributed by atoms with Gasteiger partial charge >= 0.3 is 0 Å². The molecule has 1 rings (SSSR count). The predicted octanol–water partition coefficient (Wildman–Crippen LogP) is 2.53. The standard InChI is InChI=1S/C10H13Cl3N2O2S/c1-2-14-3-4-15-18(16,17)10-8(12)5-7(11)6-9(10)13/h5-6,14-15H,2-4H2,1H3. The maximum absolute atomic E-state index is 12.0. The van der Waals surface area contributed by atoms with Gasteiger partial charge in [0.05, 0.1) is 10.0 Å². The Morgan fingerprint density at radius 2 is 1.67 bits per heavy atom. The smallest absolute Gasteiger partial charge is 0.243 e. The first-order chi connectivity index (χ1) is 8.38. The fourth-order valence-corrected chi connectivity index (χ4v) is 3.88. The molecule has 102 valence electrons. The molecular weight excluding hydrogens is 319 g/mol. The Balaban J connectivity index is 2.92. The summed E-state index contributed by atoms with van der Waals surface area (Å²) < 4.78 is 26.4. The third kappa shape index (κ3) is 4.26. The van der Waals surface area contributed by atoms with E-state index in [1.807, 2.05) is 6.92 Å². The lowest BCUT2D eigenvalue weighted by atomic mass is 10.4. The molecule has 18 heavy (non-hydrogen) atoms. The van der Waals surface area contributed by atoms with Gasteiger partial charge in [0, 0.05) is 18.1 Å². The topological polar surface area (TPSA) is 58.2 Å². The van der Waals surface area contributed by atoms with Crippen LogP contribution in [0.3, 0.4) is 0 Å². The molecule has 0 aliphatic heterocycles. The van der Waals surface area contributed by atoms with Gasteiger partial charge in [-0.15, -0.1) is 0 Å². The summed E-state index contributed by atoms with van der Waals surface area (Å²) in [7, 11) is -3.73. The lowest BCUT2D eigenvalue weighted by Crippen LogP contribution is -2.32. The molecule has 0 bridgehead atoms. The highest BCUT2D eigenvalue weighted by atomic mass is 35.5. The van der Waals surface area contributed by atoms with E-state index < -0.39 is 10.0 Å². The summed E-state index contributed by atoms with van der Waals surface area (Å²) >= 11 is 17.4. The highest BCUT2D eigenvalue weighted by Crippen LogP contribution is 2.32. The van der Waals surface area contributed by atoms with Crippen molar-refractivity contribution in [1.29, 1.82) is 0 Å². The van der Waals surface area contributed by atoms with Gasteiger partial charge in [0.1, 0.15) is 4.90 Å². The van der Waals surface area contributed by atoms with E-state index in [-0.39, 0.29) is 26.5 Å². The van der Waals surface area contributed by atoms with E-state index in [0.29, 0.717) is 6.54 Å². The summed E-state index contributed by atoms with van der Waals surface area (Å²) in [5, 5.41) is 3.29. The van der Waals surface area contributed by atoms with Crippen LogP contribution in [0.1, 0.15) is 6.92 Å². The van der Waals surface area contributed by atoms with Crippen LogP contribution >= 0.6 is 34.8 Å². The molecule has 4 nitrogen and oxygen atoms in total. The van der Waals surface area contributed by atoms with Crippen LogP contribution < -0.4 is 10.0 Å². The molecule has 8 heteroatoms. The zero-order chi connectivity index (χ0) is 13.8. The van der Waals surface area contributed by atoms with E-state index in [0.717, 1.165) is 6.54 Å². The molecule has 0 heterocycles. The minimum atomic E-state index is -3.73. The van der Waals surface area contributed by atoms with Gasteiger partial charge in [0.15, 0.2) is 0 Å². The molecular formula is C10H13Cl3N2O2S. The van der Waals surface area contributed by atoms with Gasteiger partial charge in [-0.2, -0.15) is 0 Å². The first-order valence-electron chi connectivity index (χ1n) is 5.23. The fourth-order valence-electron chi connectivity index (χ4n) is 1.31. The Morgan fingerprint density at radius 3 is 2.17 bits per heavy atom. The number of hydrogen-bond acceptors (Lipinski definition) is 3. The van der Waals surface area contributed by atoms with Gasteiger partial charge in [0.25, 0.3) is 0 Å². The molecule has 0 radical (unpaired) electrons. The molecule has 0 aliphatic rings. The lowest BCUT2D eigenvalue weighted by Gasteiger charge is -2.10.